The van der Waals surface area contributed by atoms with Gasteiger partial charge in [0.05, 0.1) is 0 Å². The first-order chi connectivity index (χ1) is 8.11. The Balaban J connectivity index is 2.33. The van der Waals surface area contributed by atoms with E-state index in [4.69, 9.17) is 0 Å². The average Bonchev–Trinajstić information content (AvgIpc) is 2.81. The minimum absolute atomic E-state index is 0.144. The van der Waals surface area contributed by atoms with Crippen LogP contribution in [0.4, 0.5) is 4.39 Å². The molecule has 90 valence electrons. The van der Waals surface area contributed by atoms with E-state index in [1.54, 1.807) is 18.3 Å². The van der Waals surface area contributed by atoms with Crippen LogP contribution in [-0.2, 0) is 0 Å². The zero-order chi connectivity index (χ0) is 12.4. The first kappa shape index (κ1) is 12.3. The van der Waals surface area contributed by atoms with Crippen molar-refractivity contribution >= 4 is 11.3 Å². The van der Waals surface area contributed by atoms with Crippen LogP contribution < -0.4 is 5.32 Å². The fourth-order valence-electron chi connectivity index (χ4n) is 1.68. The maximum absolute atomic E-state index is 13.2. The summed E-state index contributed by atoms with van der Waals surface area (Å²) < 4.78 is 13.2. The lowest BCUT2D eigenvalue weighted by Gasteiger charge is -2.06. The summed E-state index contributed by atoms with van der Waals surface area (Å²) in [6.07, 6.45) is 0. The highest BCUT2D eigenvalue weighted by atomic mass is 32.1. The zero-order valence-corrected chi connectivity index (χ0v) is 11.1. The summed E-state index contributed by atoms with van der Waals surface area (Å²) in [4.78, 5) is 2.48. The molecule has 0 aliphatic rings. The quantitative estimate of drug-likeness (QED) is 0.862. The van der Waals surface area contributed by atoms with E-state index in [1.807, 2.05) is 19.2 Å². The molecule has 17 heavy (non-hydrogen) atoms. The van der Waals surface area contributed by atoms with Crippen molar-refractivity contribution in [2.24, 2.45) is 0 Å². The highest BCUT2D eigenvalue weighted by Gasteiger charge is 2.08. The van der Waals surface area contributed by atoms with Crippen LogP contribution in [0.1, 0.15) is 23.4 Å². The standard InChI is InChI=1S/C14H16FNS/c1-9-8-11(4-5-12(9)15)14-7-6-13(17-14)10(2)16-3/h4-8,10,16H,1-3H3. The highest BCUT2D eigenvalue weighted by Crippen LogP contribution is 2.31. The van der Waals surface area contributed by atoms with Crippen LogP contribution in [0, 0.1) is 12.7 Å². The molecule has 0 amide bonds. The van der Waals surface area contributed by atoms with E-state index in [1.165, 1.54) is 15.8 Å². The largest absolute Gasteiger partial charge is 0.313 e. The second kappa shape index (κ2) is 4.98. The Morgan fingerprint density at radius 2 is 2.00 bits per heavy atom. The van der Waals surface area contributed by atoms with E-state index in [0.29, 0.717) is 11.6 Å². The second-order valence-electron chi connectivity index (χ2n) is 4.18. The number of hydrogen-bond donors (Lipinski definition) is 1. The van der Waals surface area contributed by atoms with Gasteiger partial charge >= 0.3 is 0 Å². The molecule has 0 aliphatic carbocycles. The van der Waals surface area contributed by atoms with Crippen LogP contribution in [0.3, 0.4) is 0 Å². The van der Waals surface area contributed by atoms with Crippen LogP contribution >= 0.6 is 11.3 Å². The Bertz CT molecular complexity index is 519. The van der Waals surface area contributed by atoms with E-state index in [2.05, 4.69) is 24.4 Å². The van der Waals surface area contributed by atoms with Crippen molar-refractivity contribution in [3.8, 4) is 10.4 Å². The lowest BCUT2D eigenvalue weighted by atomic mass is 10.1. The molecule has 0 saturated heterocycles. The molecule has 1 atom stereocenters. The average molecular weight is 249 g/mol. The van der Waals surface area contributed by atoms with E-state index in [9.17, 15) is 4.39 Å². The van der Waals surface area contributed by atoms with Crippen molar-refractivity contribution in [1.29, 1.82) is 0 Å². The molecule has 1 aromatic heterocycles. The van der Waals surface area contributed by atoms with Crippen molar-refractivity contribution in [3.63, 3.8) is 0 Å². The van der Waals surface area contributed by atoms with Gasteiger partial charge in [0.1, 0.15) is 5.82 Å². The Morgan fingerprint density at radius 3 is 2.65 bits per heavy atom. The Hall–Kier alpha value is -1.19. The van der Waals surface area contributed by atoms with E-state index >= 15 is 0 Å². The SMILES string of the molecule is CNC(C)c1ccc(-c2ccc(F)c(C)c2)s1. The third kappa shape index (κ3) is 2.56. The molecule has 1 aromatic carbocycles. The molecule has 0 spiro atoms. The maximum atomic E-state index is 13.2. The van der Waals surface area contributed by atoms with Crippen LogP contribution in [0.15, 0.2) is 30.3 Å². The summed E-state index contributed by atoms with van der Waals surface area (Å²) in [6.45, 7) is 3.93. The summed E-state index contributed by atoms with van der Waals surface area (Å²) >= 11 is 1.75. The minimum Gasteiger partial charge on any atom is -0.313 e. The van der Waals surface area contributed by atoms with Crippen molar-refractivity contribution in [1.82, 2.24) is 5.32 Å². The molecular weight excluding hydrogens is 233 g/mol. The van der Waals surface area contributed by atoms with Gasteiger partial charge in [0.2, 0.25) is 0 Å². The van der Waals surface area contributed by atoms with Crippen molar-refractivity contribution < 1.29 is 4.39 Å². The third-order valence-corrected chi connectivity index (χ3v) is 4.25. The van der Waals surface area contributed by atoms with Gasteiger partial charge in [0, 0.05) is 15.8 Å². The van der Waals surface area contributed by atoms with E-state index in [-0.39, 0.29) is 5.82 Å². The third-order valence-electron chi connectivity index (χ3n) is 2.93. The zero-order valence-electron chi connectivity index (χ0n) is 10.3. The van der Waals surface area contributed by atoms with Crippen molar-refractivity contribution in [2.45, 2.75) is 19.9 Å². The normalized spacial score (nSPS) is 12.7. The number of thiophene rings is 1. The molecule has 0 radical (unpaired) electrons. The van der Waals surface area contributed by atoms with Crippen LogP contribution in [0.2, 0.25) is 0 Å². The first-order valence-electron chi connectivity index (χ1n) is 5.65. The highest BCUT2D eigenvalue weighted by molar-refractivity contribution is 7.15. The second-order valence-corrected chi connectivity index (χ2v) is 5.29. The molecule has 2 aromatic rings. The molecular formula is C14H16FNS. The van der Waals surface area contributed by atoms with Gasteiger partial charge in [0.15, 0.2) is 0 Å². The number of aryl methyl sites for hydroxylation is 1. The van der Waals surface area contributed by atoms with Gasteiger partial charge in [-0.1, -0.05) is 6.07 Å². The Labute approximate surface area is 105 Å². The molecule has 1 N–H and O–H groups in total. The summed E-state index contributed by atoms with van der Waals surface area (Å²) in [6, 6.07) is 9.85. The number of halogens is 1. The van der Waals surface area contributed by atoms with Gasteiger partial charge in [0.25, 0.3) is 0 Å². The minimum atomic E-state index is -0.144. The monoisotopic (exact) mass is 249 g/mol. The first-order valence-corrected chi connectivity index (χ1v) is 6.47. The van der Waals surface area contributed by atoms with E-state index < -0.39 is 0 Å². The van der Waals surface area contributed by atoms with Gasteiger partial charge in [-0.2, -0.15) is 0 Å². The molecule has 0 saturated carbocycles. The van der Waals surface area contributed by atoms with Crippen LogP contribution in [-0.4, -0.2) is 7.05 Å². The smallest absolute Gasteiger partial charge is 0.126 e. The van der Waals surface area contributed by atoms with Crippen molar-refractivity contribution in [3.05, 3.63) is 46.6 Å². The molecule has 1 nitrogen and oxygen atoms in total. The summed E-state index contributed by atoms with van der Waals surface area (Å²) in [5.41, 5.74) is 1.78. The van der Waals surface area contributed by atoms with Crippen molar-refractivity contribution in [2.75, 3.05) is 7.05 Å². The molecule has 3 heteroatoms. The summed E-state index contributed by atoms with van der Waals surface area (Å²) in [5, 5.41) is 3.22. The lowest BCUT2D eigenvalue weighted by Crippen LogP contribution is -2.10. The van der Waals surface area contributed by atoms with Gasteiger partial charge in [-0.3, -0.25) is 0 Å². The number of rotatable bonds is 3. The fraction of sp³-hybridized carbons (Fsp3) is 0.286. The van der Waals surface area contributed by atoms with Gasteiger partial charge in [-0.15, -0.1) is 11.3 Å². The summed E-state index contributed by atoms with van der Waals surface area (Å²) in [7, 11) is 1.95. The maximum Gasteiger partial charge on any atom is 0.126 e. The van der Waals surface area contributed by atoms with Crippen LogP contribution in [0.25, 0.3) is 10.4 Å². The summed E-state index contributed by atoms with van der Waals surface area (Å²) in [5.74, 6) is -0.144. The molecule has 0 aliphatic heterocycles. The molecule has 0 fully saturated rings. The fourth-order valence-corrected chi connectivity index (χ4v) is 2.75. The number of benzene rings is 1. The predicted molar refractivity (Wildman–Crippen MR) is 71.9 cm³/mol. The Kier molecular flexibility index (Phi) is 3.60. The Morgan fingerprint density at radius 1 is 1.24 bits per heavy atom. The number of hydrogen-bond acceptors (Lipinski definition) is 2. The van der Waals surface area contributed by atoms with Gasteiger partial charge in [-0.25, -0.2) is 4.39 Å². The number of nitrogens with one attached hydrogen (secondary N) is 1. The molecule has 1 heterocycles. The van der Waals surface area contributed by atoms with E-state index in [0.717, 1.165) is 5.56 Å². The molecule has 0 bridgehead atoms. The topological polar surface area (TPSA) is 12.0 Å². The van der Waals surface area contributed by atoms with Gasteiger partial charge < -0.3 is 5.32 Å². The van der Waals surface area contributed by atoms with Gasteiger partial charge in [-0.05, 0) is 56.3 Å². The molecule has 1 unspecified atom stereocenters. The predicted octanol–water partition coefficient (Wildman–Crippen LogP) is 4.14. The molecule has 2 rings (SSSR count). The van der Waals surface area contributed by atoms with Crippen LogP contribution in [0.5, 0.6) is 0 Å². The lowest BCUT2D eigenvalue weighted by molar-refractivity contribution is 0.619.